The van der Waals surface area contributed by atoms with Crippen molar-refractivity contribution in [2.24, 2.45) is 0 Å². The van der Waals surface area contributed by atoms with Crippen LogP contribution in [0.4, 0.5) is 0 Å². The number of rotatable bonds is 1. The molecule has 4 aromatic heterocycles. The molecule has 0 amide bonds. The lowest BCUT2D eigenvalue weighted by Gasteiger charge is -2.04. The number of thiophene rings is 2. The summed E-state index contributed by atoms with van der Waals surface area (Å²) in [6, 6.07) is 15.2. The highest BCUT2D eigenvalue weighted by atomic mass is 32.1. The van der Waals surface area contributed by atoms with Gasteiger partial charge >= 0.3 is 0 Å². The first kappa shape index (κ1) is 16.2. The number of aryl methyl sites for hydroxylation is 2. The van der Waals surface area contributed by atoms with Gasteiger partial charge in [0.2, 0.25) is 0 Å². The Bertz CT molecular complexity index is 1540. The minimum atomic E-state index is 0.967. The molecule has 6 rings (SSSR count). The van der Waals surface area contributed by atoms with Crippen LogP contribution in [0.15, 0.2) is 60.2 Å². The number of nitrogens with zero attached hydrogens (tertiary/aromatic N) is 2. The minimum absolute atomic E-state index is 0.967. The van der Waals surface area contributed by atoms with Crippen LogP contribution in [0.2, 0.25) is 0 Å². The summed E-state index contributed by atoms with van der Waals surface area (Å²) in [7, 11) is 0. The van der Waals surface area contributed by atoms with Gasteiger partial charge in [0.05, 0.1) is 11.0 Å². The lowest BCUT2D eigenvalue weighted by molar-refractivity contribution is 1.38. The zero-order valence-corrected chi connectivity index (χ0v) is 17.1. The zero-order valence-electron chi connectivity index (χ0n) is 15.5. The van der Waals surface area contributed by atoms with Crippen LogP contribution in [0.25, 0.3) is 52.4 Å². The van der Waals surface area contributed by atoms with Crippen molar-refractivity contribution in [3.05, 3.63) is 71.4 Å². The van der Waals surface area contributed by atoms with Crippen LogP contribution in [-0.2, 0) is 0 Å². The van der Waals surface area contributed by atoms with Gasteiger partial charge in [-0.2, -0.15) is 0 Å². The molecule has 0 radical (unpaired) electrons. The Hall–Kier alpha value is -2.82. The molecule has 0 aliphatic heterocycles. The molecule has 2 aromatic carbocycles. The van der Waals surface area contributed by atoms with E-state index in [4.69, 9.17) is 4.98 Å². The van der Waals surface area contributed by atoms with E-state index in [2.05, 4.69) is 60.6 Å². The Morgan fingerprint density at radius 3 is 2.54 bits per heavy atom. The Kier molecular flexibility index (Phi) is 3.37. The molecule has 2 nitrogen and oxygen atoms in total. The smallest absolute Gasteiger partial charge is 0.0965 e. The number of benzene rings is 2. The zero-order chi connectivity index (χ0) is 18.8. The maximum Gasteiger partial charge on any atom is 0.0965 e. The van der Waals surface area contributed by atoms with Gasteiger partial charge < -0.3 is 0 Å². The third-order valence-electron chi connectivity index (χ3n) is 5.64. The van der Waals surface area contributed by atoms with E-state index in [9.17, 15) is 0 Å². The summed E-state index contributed by atoms with van der Waals surface area (Å²) >= 11 is 3.71. The van der Waals surface area contributed by atoms with Crippen LogP contribution < -0.4 is 0 Å². The summed E-state index contributed by atoms with van der Waals surface area (Å²) in [4.78, 5) is 10.6. The standard InChI is InChI=1S/C24H16N2S2/c1-13-14(2)24-19(18-7-9-27-23(13)18)11-20(28-24)17-10-16-6-5-15-4-3-8-25-21(15)22(16)26-12-17/h3-12H,1-2H3. The van der Waals surface area contributed by atoms with E-state index < -0.39 is 0 Å². The van der Waals surface area contributed by atoms with Crippen LogP contribution in [0.1, 0.15) is 11.1 Å². The van der Waals surface area contributed by atoms with Gasteiger partial charge in [0.25, 0.3) is 0 Å². The molecule has 0 saturated carbocycles. The SMILES string of the molecule is Cc1c(C)c2sc(-c3cnc4c(ccc5cccnc54)c3)cc2c2ccsc12. The van der Waals surface area contributed by atoms with Gasteiger partial charge in [-0.25, -0.2) is 0 Å². The van der Waals surface area contributed by atoms with Gasteiger partial charge in [-0.15, -0.1) is 22.7 Å². The maximum absolute atomic E-state index is 4.79. The topological polar surface area (TPSA) is 25.8 Å². The Morgan fingerprint density at radius 2 is 1.61 bits per heavy atom. The van der Waals surface area contributed by atoms with Crippen LogP contribution in [0, 0.1) is 13.8 Å². The molecule has 0 bridgehead atoms. The first-order valence-corrected chi connectivity index (χ1v) is 10.9. The van der Waals surface area contributed by atoms with Crippen molar-refractivity contribution in [2.45, 2.75) is 13.8 Å². The van der Waals surface area contributed by atoms with Gasteiger partial charge in [0, 0.05) is 53.8 Å². The van der Waals surface area contributed by atoms with Gasteiger partial charge in [-0.3, -0.25) is 9.97 Å². The molecule has 0 aliphatic carbocycles. The molecular weight excluding hydrogens is 380 g/mol. The van der Waals surface area contributed by atoms with E-state index in [1.165, 1.54) is 41.7 Å². The van der Waals surface area contributed by atoms with Crippen molar-refractivity contribution in [2.75, 3.05) is 0 Å². The summed E-state index contributed by atoms with van der Waals surface area (Å²) in [6.07, 6.45) is 3.83. The number of pyridine rings is 2. The number of hydrogen-bond donors (Lipinski definition) is 0. The fourth-order valence-corrected chi connectivity index (χ4v) is 6.22. The lowest BCUT2D eigenvalue weighted by Crippen LogP contribution is -1.85. The maximum atomic E-state index is 4.79. The van der Waals surface area contributed by atoms with E-state index in [1.54, 1.807) is 0 Å². The van der Waals surface area contributed by atoms with Crippen molar-refractivity contribution in [3.8, 4) is 10.4 Å². The van der Waals surface area contributed by atoms with Crippen molar-refractivity contribution in [3.63, 3.8) is 0 Å². The fourth-order valence-electron chi connectivity index (χ4n) is 4.04. The summed E-state index contributed by atoms with van der Waals surface area (Å²) in [5.74, 6) is 0. The number of hydrogen-bond acceptors (Lipinski definition) is 4. The highest BCUT2D eigenvalue weighted by Gasteiger charge is 2.14. The predicted molar refractivity (Wildman–Crippen MR) is 123 cm³/mol. The van der Waals surface area contributed by atoms with Crippen molar-refractivity contribution in [1.82, 2.24) is 9.97 Å². The van der Waals surface area contributed by atoms with Crippen LogP contribution in [0.5, 0.6) is 0 Å². The van der Waals surface area contributed by atoms with Crippen molar-refractivity contribution < 1.29 is 0 Å². The third-order valence-corrected chi connectivity index (χ3v) is 7.98. The first-order chi connectivity index (χ1) is 13.7. The first-order valence-electron chi connectivity index (χ1n) is 9.24. The molecule has 0 unspecified atom stereocenters. The Balaban J connectivity index is 1.61. The second-order valence-corrected chi connectivity index (χ2v) is 9.17. The number of aromatic nitrogens is 2. The second kappa shape index (κ2) is 5.84. The Morgan fingerprint density at radius 1 is 0.786 bits per heavy atom. The van der Waals surface area contributed by atoms with Crippen LogP contribution >= 0.6 is 22.7 Å². The summed E-state index contributed by atoms with van der Waals surface area (Å²) < 4.78 is 2.79. The van der Waals surface area contributed by atoms with Gasteiger partial charge in [-0.05, 0) is 54.6 Å². The van der Waals surface area contributed by atoms with Crippen LogP contribution in [-0.4, -0.2) is 9.97 Å². The highest BCUT2D eigenvalue weighted by molar-refractivity contribution is 7.23. The molecule has 6 aromatic rings. The predicted octanol–water partition coefficient (Wildman–Crippen LogP) is 7.50. The van der Waals surface area contributed by atoms with Gasteiger partial charge in [0.15, 0.2) is 0 Å². The molecule has 4 heteroatoms. The third kappa shape index (κ3) is 2.19. The molecule has 0 aliphatic rings. The van der Waals surface area contributed by atoms with E-state index >= 15 is 0 Å². The minimum Gasteiger partial charge on any atom is -0.254 e. The van der Waals surface area contributed by atoms with Gasteiger partial charge in [-0.1, -0.05) is 18.2 Å². The summed E-state index contributed by atoms with van der Waals surface area (Å²) in [6.45, 7) is 4.48. The lowest BCUT2D eigenvalue weighted by atomic mass is 10.0. The second-order valence-electron chi connectivity index (χ2n) is 7.20. The molecule has 4 heterocycles. The molecular formula is C24H16N2S2. The number of fused-ring (bicyclic) bond motifs is 6. The summed E-state index contributed by atoms with van der Waals surface area (Å²) in [5, 5.41) is 7.19. The van der Waals surface area contributed by atoms with E-state index in [0.717, 1.165) is 21.8 Å². The molecule has 28 heavy (non-hydrogen) atoms. The van der Waals surface area contributed by atoms with E-state index in [-0.39, 0.29) is 0 Å². The van der Waals surface area contributed by atoms with E-state index in [0.29, 0.717) is 0 Å². The normalized spacial score (nSPS) is 11.9. The molecule has 0 N–H and O–H groups in total. The van der Waals surface area contributed by atoms with E-state index in [1.807, 2.05) is 41.1 Å². The largest absolute Gasteiger partial charge is 0.254 e. The average molecular weight is 397 g/mol. The molecule has 0 atom stereocenters. The average Bonchev–Trinajstić information content (AvgIpc) is 3.39. The fraction of sp³-hybridized carbons (Fsp3) is 0.0833. The Labute approximate surface area is 170 Å². The molecule has 0 spiro atoms. The quantitative estimate of drug-likeness (QED) is 0.269. The highest BCUT2D eigenvalue weighted by Crippen LogP contribution is 2.43. The molecule has 134 valence electrons. The monoisotopic (exact) mass is 396 g/mol. The molecule has 0 fully saturated rings. The van der Waals surface area contributed by atoms with Crippen LogP contribution in [0.3, 0.4) is 0 Å². The summed E-state index contributed by atoms with van der Waals surface area (Å²) in [5.41, 5.74) is 5.90. The van der Waals surface area contributed by atoms with Crippen molar-refractivity contribution in [1.29, 1.82) is 0 Å². The van der Waals surface area contributed by atoms with Crippen molar-refractivity contribution >= 4 is 64.7 Å². The van der Waals surface area contributed by atoms with Gasteiger partial charge in [0.1, 0.15) is 0 Å². The molecule has 0 saturated heterocycles.